The second kappa shape index (κ2) is 8.34. The average Bonchev–Trinajstić information content (AvgIpc) is 2.46. The van der Waals surface area contributed by atoms with Gasteiger partial charge in [-0.3, -0.25) is 9.78 Å². The van der Waals surface area contributed by atoms with Gasteiger partial charge in [-0.15, -0.1) is 0 Å². The molecular formula is C16H22N2O2. The van der Waals surface area contributed by atoms with Gasteiger partial charge < -0.3 is 10.4 Å². The smallest absolute Gasteiger partial charge is 0.253 e. The van der Waals surface area contributed by atoms with Crippen molar-refractivity contribution in [3.05, 3.63) is 29.6 Å². The zero-order chi connectivity index (χ0) is 15.0. The summed E-state index contributed by atoms with van der Waals surface area (Å²) in [6.45, 7) is 6.25. The summed E-state index contributed by atoms with van der Waals surface area (Å²) in [5, 5.41) is 11.7. The molecule has 0 fully saturated rings. The molecule has 0 spiro atoms. The third-order valence-electron chi connectivity index (χ3n) is 3.33. The maximum atomic E-state index is 12.1. The van der Waals surface area contributed by atoms with Crippen molar-refractivity contribution in [3.8, 4) is 11.8 Å². The Kier molecular flexibility index (Phi) is 6.75. The molecule has 1 aromatic heterocycles. The Morgan fingerprint density at radius 3 is 2.85 bits per heavy atom. The minimum atomic E-state index is -0.129. The van der Waals surface area contributed by atoms with Crippen LogP contribution in [-0.4, -0.2) is 28.6 Å². The Bertz CT molecular complexity index is 503. The van der Waals surface area contributed by atoms with Crippen molar-refractivity contribution < 1.29 is 9.90 Å². The maximum absolute atomic E-state index is 12.1. The summed E-state index contributed by atoms with van der Waals surface area (Å²) >= 11 is 0. The minimum absolute atomic E-state index is 0.0347. The lowest BCUT2D eigenvalue weighted by molar-refractivity contribution is 0.0927. The monoisotopic (exact) mass is 274 g/mol. The van der Waals surface area contributed by atoms with E-state index in [1.165, 1.54) is 6.20 Å². The highest BCUT2D eigenvalue weighted by Crippen LogP contribution is 2.08. The number of nitrogens with zero attached hydrogens (tertiary/aromatic N) is 1. The van der Waals surface area contributed by atoms with Gasteiger partial charge in [0.15, 0.2) is 0 Å². The van der Waals surface area contributed by atoms with E-state index in [-0.39, 0.29) is 18.6 Å². The Balaban J connectivity index is 2.74. The Morgan fingerprint density at radius 2 is 2.20 bits per heavy atom. The molecule has 0 aliphatic heterocycles. The first-order valence-electron chi connectivity index (χ1n) is 6.94. The number of amides is 1. The highest BCUT2D eigenvalue weighted by molar-refractivity contribution is 5.94. The number of aromatic nitrogens is 1. The fourth-order valence-corrected chi connectivity index (χ4v) is 1.64. The quantitative estimate of drug-likeness (QED) is 0.807. The number of carbonyl (C=O) groups is 1. The standard InChI is InChI=1S/C16H22N2O2/c1-4-12(2)13(3)18-16(20)15-9-14(10-17-11-15)7-5-6-8-19/h9-13,19H,4,6,8H2,1-3H3,(H,18,20). The zero-order valence-electron chi connectivity index (χ0n) is 12.3. The van der Waals surface area contributed by atoms with Gasteiger partial charge in [0.1, 0.15) is 0 Å². The number of pyridine rings is 1. The summed E-state index contributed by atoms with van der Waals surface area (Å²) in [6.07, 6.45) is 4.59. The second-order valence-corrected chi connectivity index (χ2v) is 4.89. The first kappa shape index (κ1) is 16.2. The lowest BCUT2D eigenvalue weighted by atomic mass is 10.0. The Morgan fingerprint density at radius 1 is 1.45 bits per heavy atom. The minimum Gasteiger partial charge on any atom is -0.395 e. The average molecular weight is 274 g/mol. The van der Waals surface area contributed by atoms with Crippen LogP contribution in [0.4, 0.5) is 0 Å². The number of nitrogens with one attached hydrogen (secondary N) is 1. The van der Waals surface area contributed by atoms with Gasteiger partial charge in [-0.2, -0.15) is 0 Å². The predicted octanol–water partition coefficient (Wildman–Crippen LogP) is 1.98. The number of rotatable bonds is 5. The second-order valence-electron chi connectivity index (χ2n) is 4.89. The normalized spacial score (nSPS) is 13.0. The van der Waals surface area contributed by atoms with Gasteiger partial charge in [0.25, 0.3) is 5.91 Å². The van der Waals surface area contributed by atoms with Gasteiger partial charge in [-0.25, -0.2) is 0 Å². The molecule has 0 radical (unpaired) electrons. The molecule has 20 heavy (non-hydrogen) atoms. The fraction of sp³-hybridized carbons (Fsp3) is 0.500. The molecule has 1 aromatic rings. The fourth-order valence-electron chi connectivity index (χ4n) is 1.64. The van der Waals surface area contributed by atoms with Crippen LogP contribution in [0.3, 0.4) is 0 Å². The van der Waals surface area contributed by atoms with Crippen molar-refractivity contribution in [2.24, 2.45) is 5.92 Å². The van der Waals surface area contributed by atoms with E-state index < -0.39 is 0 Å². The molecule has 4 nitrogen and oxygen atoms in total. The highest BCUT2D eigenvalue weighted by Gasteiger charge is 2.14. The highest BCUT2D eigenvalue weighted by atomic mass is 16.2. The van der Waals surface area contributed by atoms with E-state index in [4.69, 9.17) is 5.11 Å². The molecule has 0 aliphatic carbocycles. The molecule has 2 atom stereocenters. The summed E-state index contributed by atoms with van der Waals surface area (Å²) in [5.41, 5.74) is 1.19. The van der Waals surface area contributed by atoms with Crippen molar-refractivity contribution in [3.63, 3.8) is 0 Å². The van der Waals surface area contributed by atoms with Crippen molar-refractivity contribution in [2.75, 3.05) is 6.61 Å². The molecule has 0 saturated carbocycles. The molecule has 0 aromatic carbocycles. The molecule has 1 amide bonds. The lowest BCUT2D eigenvalue weighted by Crippen LogP contribution is -2.36. The molecule has 0 bridgehead atoms. The van der Waals surface area contributed by atoms with Crippen LogP contribution in [-0.2, 0) is 0 Å². The Labute approximate surface area is 120 Å². The maximum Gasteiger partial charge on any atom is 0.253 e. The number of aliphatic hydroxyl groups is 1. The van der Waals surface area contributed by atoms with E-state index in [1.807, 2.05) is 6.92 Å². The van der Waals surface area contributed by atoms with Crippen LogP contribution < -0.4 is 5.32 Å². The van der Waals surface area contributed by atoms with Crippen molar-refractivity contribution in [2.45, 2.75) is 39.7 Å². The molecule has 4 heteroatoms. The summed E-state index contributed by atoms with van der Waals surface area (Å²) in [7, 11) is 0. The summed E-state index contributed by atoms with van der Waals surface area (Å²) in [4.78, 5) is 16.1. The molecule has 2 unspecified atom stereocenters. The van der Waals surface area contributed by atoms with Crippen LogP contribution in [0.1, 0.15) is 49.5 Å². The van der Waals surface area contributed by atoms with Gasteiger partial charge in [-0.05, 0) is 18.9 Å². The molecule has 0 saturated heterocycles. The molecule has 1 heterocycles. The van der Waals surface area contributed by atoms with Crippen molar-refractivity contribution in [1.82, 2.24) is 10.3 Å². The van der Waals surface area contributed by atoms with E-state index in [2.05, 4.69) is 36.0 Å². The van der Waals surface area contributed by atoms with E-state index >= 15 is 0 Å². The first-order valence-corrected chi connectivity index (χ1v) is 6.94. The molecule has 2 N–H and O–H groups in total. The van der Waals surface area contributed by atoms with Crippen molar-refractivity contribution >= 4 is 5.91 Å². The van der Waals surface area contributed by atoms with Crippen LogP contribution in [0, 0.1) is 17.8 Å². The summed E-state index contributed by atoms with van der Waals surface area (Å²) in [5.74, 6) is 5.99. The lowest BCUT2D eigenvalue weighted by Gasteiger charge is -2.19. The summed E-state index contributed by atoms with van der Waals surface area (Å²) in [6, 6.07) is 1.84. The SMILES string of the molecule is CCC(C)C(C)NC(=O)c1cncc(C#CCCO)c1. The Hall–Kier alpha value is -1.86. The van der Waals surface area contributed by atoms with Crippen LogP contribution in [0.25, 0.3) is 0 Å². The largest absolute Gasteiger partial charge is 0.395 e. The molecule has 0 aliphatic rings. The van der Waals surface area contributed by atoms with Gasteiger partial charge in [0, 0.05) is 30.4 Å². The molecule has 1 rings (SSSR count). The predicted molar refractivity (Wildman–Crippen MR) is 79.2 cm³/mol. The van der Waals surface area contributed by atoms with E-state index in [1.54, 1.807) is 12.3 Å². The van der Waals surface area contributed by atoms with Gasteiger partial charge in [-0.1, -0.05) is 32.1 Å². The van der Waals surface area contributed by atoms with E-state index in [0.717, 1.165) is 6.42 Å². The first-order chi connectivity index (χ1) is 9.58. The van der Waals surface area contributed by atoms with Crippen LogP contribution in [0.2, 0.25) is 0 Å². The number of hydrogen-bond acceptors (Lipinski definition) is 3. The number of carbonyl (C=O) groups excluding carboxylic acids is 1. The van der Waals surface area contributed by atoms with Gasteiger partial charge in [0.05, 0.1) is 12.2 Å². The van der Waals surface area contributed by atoms with E-state index in [0.29, 0.717) is 23.5 Å². The van der Waals surface area contributed by atoms with Gasteiger partial charge >= 0.3 is 0 Å². The topological polar surface area (TPSA) is 62.2 Å². The third-order valence-corrected chi connectivity index (χ3v) is 3.33. The summed E-state index contributed by atoms with van der Waals surface area (Å²) < 4.78 is 0. The zero-order valence-corrected chi connectivity index (χ0v) is 12.3. The number of aliphatic hydroxyl groups excluding tert-OH is 1. The van der Waals surface area contributed by atoms with Crippen LogP contribution in [0.15, 0.2) is 18.5 Å². The molecule has 108 valence electrons. The number of hydrogen-bond donors (Lipinski definition) is 2. The van der Waals surface area contributed by atoms with Crippen LogP contribution >= 0.6 is 0 Å². The third kappa shape index (κ3) is 5.02. The van der Waals surface area contributed by atoms with Crippen LogP contribution in [0.5, 0.6) is 0 Å². The molecular weight excluding hydrogens is 252 g/mol. The van der Waals surface area contributed by atoms with E-state index in [9.17, 15) is 4.79 Å². The van der Waals surface area contributed by atoms with Crippen molar-refractivity contribution in [1.29, 1.82) is 0 Å². The van der Waals surface area contributed by atoms with Gasteiger partial charge in [0.2, 0.25) is 0 Å².